The third-order valence-electron chi connectivity index (χ3n) is 4.66. The molecule has 0 aliphatic carbocycles. The van der Waals surface area contributed by atoms with Gasteiger partial charge in [0, 0.05) is 32.8 Å². The predicted molar refractivity (Wildman–Crippen MR) is 98.9 cm³/mol. The Morgan fingerprint density at radius 2 is 1.92 bits per heavy atom. The van der Waals surface area contributed by atoms with Gasteiger partial charge in [-0.25, -0.2) is 0 Å². The Labute approximate surface area is 148 Å². The zero-order valence-electron chi connectivity index (χ0n) is 14.7. The average molecular weight is 342 g/mol. The third-order valence-corrected chi connectivity index (χ3v) is 4.66. The van der Waals surface area contributed by atoms with E-state index in [1.54, 1.807) is 7.11 Å². The van der Waals surface area contributed by atoms with Crippen molar-refractivity contribution in [2.24, 2.45) is 0 Å². The Balaban J connectivity index is 1.42. The van der Waals surface area contributed by atoms with Crippen molar-refractivity contribution in [2.75, 3.05) is 40.0 Å². The lowest BCUT2D eigenvalue weighted by Crippen LogP contribution is -2.46. The van der Waals surface area contributed by atoms with Crippen molar-refractivity contribution in [3.63, 3.8) is 0 Å². The van der Waals surface area contributed by atoms with Crippen LogP contribution < -0.4 is 10.1 Å². The highest BCUT2D eigenvalue weighted by molar-refractivity contribution is 5.84. The summed E-state index contributed by atoms with van der Waals surface area (Å²) in [6.45, 7) is 3.78. The van der Waals surface area contributed by atoms with Crippen molar-refractivity contribution in [1.29, 1.82) is 0 Å². The summed E-state index contributed by atoms with van der Waals surface area (Å²) >= 11 is 0. The van der Waals surface area contributed by atoms with Crippen LogP contribution in [0, 0.1) is 0 Å². The van der Waals surface area contributed by atoms with E-state index < -0.39 is 0 Å². The van der Waals surface area contributed by atoms with E-state index in [2.05, 4.69) is 16.3 Å². The Kier molecular flexibility index (Phi) is 6.25. The van der Waals surface area contributed by atoms with Crippen molar-refractivity contribution >= 4 is 16.7 Å². The molecule has 1 amide bonds. The predicted octanol–water partition coefficient (Wildman–Crippen LogP) is 2.45. The molecule has 1 aliphatic heterocycles. The van der Waals surface area contributed by atoms with Crippen LogP contribution in [0.2, 0.25) is 0 Å². The molecule has 0 saturated carbocycles. The highest BCUT2D eigenvalue weighted by atomic mass is 16.5. The molecule has 2 aromatic rings. The maximum atomic E-state index is 12.1. The number of amides is 1. The summed E-state index contributed by atoms with van der Waals surface area (Å²) in [5.74, 6) is 0.673. The number of methoxy groups -OCH3 is 1. The van der Waals surface area contributed by atoms with Gasteiger partial charge in [0.1, 0.15) is 5.75 Å². The van der Waals surface area contributed by atoms with Crippen molar-refractivity contribution in [1.82, 2.24) is 10.2 Å². The van der Waals surface area contributed by atoms with E-state index in [1.807, 2.05) is 36.4 Å². The van der Waals surface area contributed by atoms with Gasteiger partial charge < -0.3 is 19.7 Å². The first-order valence-electron chi connectivity index (χ1n) is 8.87. The van der Waals surface area contributed by atoms with Gasteiger partial charge in [-0.15, -0.1) is 0 Å². The van der Waals surface area contributed by atoms with Gasteiger partial charge in [-0.1, -0.05) is 30.3 Å². The molecule has 25 heavy (non-hydrogen) atoms. The molecule has 1 saturated heterocycles. The summed E-state index contributed by atoms with van der Waals surface area (Å²) in [5.41, 5.74) is 0. The largest absolute Gasteiger partial charge is 0.484 e. The van der Waals surface area contributed by atoms with Crippen LogP contribution in [-0.2, 0) is 9.53 Å². The molecule has 2 aromatic carbocycles. The Morgan fingerprint density at radius 1 is 1.16 bits per heavy atom. The van der Waals surface area contributed by atoms with Gasteiger partial charge in [-0.2, -0.15) is 0 Å². The Bertz CT molecular complexity index is 696. The maximum absolute atomic E-state index is 12.1. The van der Waals surface area contributed by atoms with Gasteiger partial charge in [-0.3, -0.25) is 4.79 Å². The van der Waals surface area contributed by atoms with Gasteiger partial charge in [-0.05, 0) is 35.7 Å². The second-order valence-electron chi connectivity index (χ2n) is 6.47. The molecule has 0 spiro atoms. The minimum absolute atomic E-state index is 0.0523. The summed E-state index contributed by atoms with van der Waals surface area (Å²) < 4.78 is 10.8. The van der Waals surface area contributed by atoms with E-state index in [9.17, 15) is 4.79 Å². The molecule has 0 unspecified atom stereocenters. The number of piperidine rings is 1. The minimum atomic E-state index is -0.0523. The van der Waals surface area contributed by atoms with E-state index in [-0.39, 0.29) is 18.6 Å². The van der Waals surface area contributed by atoms with Crippen molar-refractivity contribution < 1.29 is 14.3 Å². The van der Waals surface area contributed by atoms with Crippen LogP contribution >= 0.6 is 0 Å². The summed E-state index contributed by atoms with van der Waals surface area (Å²) in [6, 6.07) is 14.2. The fourth-order valence-electron chi connectivity index (χ4n) is 3.20. The average Bonchev–Trinajstić information content (AvgIpc) is 2.65. The normalized spacial score (nSPS) is 16.0. The van der Waals surface area contributed by atoms with Crippen LogP contribution in [0.1, 0.15) is 12.8 Å². The molecule has 1 aliphatic rings. The first-order valence-corrected chi connectivity index (χ1v) is 8.87. The van der Waals surface area contributed by atoms with Gasteiger partial charge in [0.25, 0.3) is 5.91 Å². The SMILES string of the molecule is COCCN1CCC(NC(=O)COc2ccc3ccccc3c2)CC1. The monoisotopic (exact) mass is 342 g/mol. The molecule has 1 N–H and O–H groups in total. The lowest BCUT2D eigenvalue weighted by molar-refractivity contribution is -0.124. The number of hydrogen-bond acceptors (Lipinski definition) is 4. The quantitative estimate of drug-likeness (QED) is 0.840. The minimum Gasteiger partial charge on any atom is -0.484 e. The molecule has 1 heterocycles. The van der Waals surface area contributed by atoms with Crippen LogP contribution in [0.15, 0.2) is 42.5 Å². The summed E-state index contributed by atoms with van der Waals surface area (Å²) in [4.78, 5) is 14.5. The van der Waals surface area contributed by atoms with E-state index >= 15 is 0 Å². The number of rotatable bonds is 7. The Morgan fingerprint density at radius 3 is 2.68 bits per heavy atom. The van der Waals surface area contributed by atoms with Gasteiger partial charge in [0.15, 0.2) is 6.61 Å². The molecule has 0 radical (unpaired) electrons. The summed E-state index contributed by atoms with van der Waals surface area (Å²) in [7, 11) is 1.72. The highest BCUT2D eigenvalue weighted by Crippen LogP contribution is 2.20. The van der Waals surface area contributed by atoms with Crippen LogP contribution in [0.3, 0.4) is 0 Å². The highest BCUT2D eigenvalue weighted by Gasteiger charge is 2.20. The van der Waals surface area contributed by atoms with Gasteiger partial charge in [0.05, 0.1) is 6.61 Å². The van der Waals surface area contributed by atoms with Crippen LogP contribution in [0.4, 0.5) is 0 Å². The second kappa shape index (κ2) is 8.83. The molecular weight excluding hydrogens is 316 g/mol. The fraction of sp³-hybridized carbons (Fsp3) is 0.450. The number of carbonyl (C=O) groups is 1. The third kappa shape index (κ3) is 5.18. The molecule has 5 heteroatoms. The van der Waals surface area contributed by atoms with Crippen molar-refractivity contribution in [3.8, 4) is 5.75 Å². The lowest BCUT2D eigenvalue weighted by Gasteiger charge is -2.32. The second-order valence-corrected chi connectivity index (χ2v) is 6.47. The number of ether oxygens (including phenoxy) is 2. The maximum Gasteiger partial charge on any atom is 0.258 e. The number of nitrogens with zero attached hydrogens (tertiary/aromatic N) is 1. The smallest absolute Gasteiger partial charge is 0.258 e. The van der Waals surface area contributed by atoms with E-state index in [0.717, 1.165) is 50.2 Å². The number of benzene rings is 2. The van der Waals surface area contributed by atoms with Gasteiger partial charge in [0.2, 0.25) is 0 Å². The number of nitrogens with one attached hydrogen (secondary N) is 1. The lowest BCUT2D eigenvalue weighted by atomic mass is 10.1. The fourth-order valence-corrected chi connectivity index (χ4v) is 3.20. The van der Waals surface area contributed by atoms with Crippen LogP contribution in [0.25, 0.3) is 10.8 Å². The Hall–Kier alpha value is -2.11. The molecular formula is C20H26N2O3. The first-order chi connectivity index (χ1) is 12.2. The topological polar surface area (TPSA) is 50.8 Å². The van der Waals surface area contributed by atoms with E-state index in [4.69, 9.17) is 9.47 Å². The number of fused-ring (bicyclic) bond motifs is 1. The molecule has 1 fully saturated rings. The molecule has 3 rings (SSSR count). The van der Waals surface area contributed by atoms with Crippen LogP contribution in [-0.4, -0.2) is 56.8 Å². The van der Waals surface area contributed by atoms with Crippen molar-refractivity contribution in [2.45, 2.75) is 18.9 Å². The molecule has 0 aromatic heterocycles. The number of likely N-dealkylation sites (tertiary alicyclic amines) is 1. The number of carbonyl (C=O) groups excluding carboxylic acids is 1. The first kappa shape index (κ1) is 17.7. The number of hydrogen-bond donors (Lipinski definition) is 1. The molecule has 0 bridgehead atoms. The summed E-state index contributed by atoms with van der Waals surface area (Å²) in [6.07, 6.45) is 1.96. The standard InChI is InChI=1S/C20H26N2O3/c1-24-13-12-22-10-8-18(9-11-22)21-20(23)15-25-19-7-6-16-4-2-3-5-17(16)14-19/h2-7,14,18H,8-13,15H2,1H3,(H,21,23). The van der Waals surface area contributed by atoms with Crippen LogP contribution in [0.5, 0.6) is 5.75 Å². The zero-order chi connectivity index (χ0) is 17.5. The molecule has 5 nitrogen and oxygen atoms in total. The van der Waals surface area contributed by atoms with Crippen molar-refractivity contribution in [3.05, 3.63) is 42.5 Å². The molecule has 134 valence electrons. The van der Waals surface area contributed by atoms with Gasteiger partial charge >= 0.3 is 0 Å². The molecule has 0 atom stereocenters. The zero-order valence-corrected chi connectivity index (χ0v) is 14.7. The van der Waals surface area contributed by atoms with E-state index in [1.165, 1.54) is 5.39 Å². The van der Waals surface area contributed by atoms with E-state index in [0.29, 0.717) is 0 Å². The summed E-state index contributed by atoms with van der Waals surface area (Å²) in [5, 5.41) is 5.36.